The van der Waals surface area contributed by atoms with E-state index in [0.717, 1.165) is 0 Å². The van der Waals surface area contributed by atoms with Crippen molar-refractivity contribution < 1.29 is 0 Å². The predicted octanol–water partition coefficient (Wildman–Crippen LogP) is 6.48. The minimum Gasteiger partial charge on any atom is -0.0683 e. The molecular formula is C21H26. The average Bonchev–Trinajstić information content (AvgIpc) is 2.49. The van der Waals surface area contributed by atoms with E-state index in [9.17, 15) is 0 Å². The molecule has 0 atom stereocenters. The van der Waals surface area contributed by atoms with Crippen LogP contribution < -0.4 is 0 Å². The Balaban J connectivity index is 0.000000196. The number of fused-ring (bicyclic) bond motifs is 1. The summed E-state index contributed by atoms with van der Waals surface area (Å²) in [5.74, 6) is 0. The fourth-order valence-corrected chi connectivity index (χ4v) is 2.12. The standard InChI is InChI=1S/C11H10.C8H10.C2H6/c1-9-6-7-10-4-2-3-5-11(10)8-9;1-7-4-3-5-8(2)6-7;1-2/h2-8H,1H3;3-6H,1-2H3;1-2H3. The first-order valence-corrected chi connectivity index (χ1v) is 7.64. The molecule has 0 radical (unpaired) electrons. The zero-order chi connectivity index (χ0) is 15.7. The molecule has 0 saturated heterocycles. The van der Waals surface area contributed by atoms with Crippen molar-refractivity contribution in [1.29, 1.82) is 0 Å². The Kier molecular flexibility index (Phi) is 7.25. The molecular weight excluding hydrogens is 252 g/mol. The smallest absolute Gasteiger partial charge is 0.0181 e. The van der Waals surface area contributed by atoms with E-state index < -0.39 is 0 Å². The van der Waals surface area contributed by atoms with Gasteiger partial charge in [-0.25, -0.2) is 0 Å². The van der Waals surface area contributed by atoms with Gasteiger partial charge in [0.05, 0.1) is 0 Å². The van der Waals surface area contributed by atoms with Crippen molar-refractivity contribution in [3.63, 3.8) is 0 Å². The predicted molar refractivity (Wildman–Crippen MR) is 95.9 cm³/mol. The summed E-state index contributed by atoms with van der Waals surface area (Å²) >= 11 is 0. The van der Waals surface area contributed by atoms with Gasteiger partial charge in [-0.3, -0.25) is 0 Å². The van der Waals surface area contributed by atoms with Crippen molar-refractivity contribution in [1.82, 2.24) is 0 Å². The highest BCUT2D eigenvalue weighted by atomic mass is 13.9. The topological polar surface area (TPSA) is 0 Å². The summed E-state index contributed by atoms with van der Waals surface area (Å²) in [6.45, 7) is 10.3. The maximum atomic E-state index is 2.20. The van der Waals surface area contributed by atoms with Crippen molar-refractivity contribution in [3.8, 4) is 0 Å². The van der Waals surface area contributed by atoms with E-state index in [4.69, 9.17) is 0 Å². The molecule has 0 spiro atoms. The summed E-state index contributed by atoms with van der Waals surface area (Å²) in [7, 11) is 0. The van der Waals surface area contributed by atoms with Crippen LogP contribution in [0.5, 0.6) is 0 Å². The molecule has 0 bridgehead atoms. The third kappa shape index (κ3) is 5.83. The van der Waals surface area contributed by atoms with Crippen LogP contribution in [0.4, 0.5) is 0 Å². The van der Waals surface area contributed by atoms with E-state index in [2.05, 4.69) is 87.5 Å². The second-order valence-electron chi connectivity index (χ2n) is 5.01. The van der Waals surface area contributed by atoms with Gasteiger partial charge in [-0.15, -0.1) is 0 Å². The van der Waals surface area contributed by atoms with E-state index in [0.29, 0.717) is 0 Å². The largest absolute Gasteiger partial charge is 0.0683 e. The quantitative estimate of drug-likeness (QED) is 0.441. The highest BCUT2D eigenvalue weighted by Crippen LogP contribution is 2.14. The Bertz CT molecular complexity index is 648. The van der Waals surface area contributed by atoms with Crippen molar-refractivity contribution in [2.75, 3.05) is 0 Å². The van der Waals surface area contributed by atoms with E-state index in [1.165, 1.54) is 27.5 Å². The third-order valence-electron chi connectivity index (χ3n) is 3.08. The monoisotopic (exact) mass is 278 g/mol. The number of aryl methyl sites for hydroxylation is 3. The zero-order valence-corrected chi connectivity index (χ0v) is 13.9. The first kappa shape index (κ1) is 17.0. The van der Waals surface area contributed by atoms with E-state index in [-0.39, 0.29) is 0 Å². The summed E-state index contributed by atoms with van der Waals surface area (Å²) in [6, 6.07) is 23.4. The molecule has 0 saturated carbocycles. The fraction of sp³-hybridized carbons (Fsp3) is 0.238. The van der Waals surface area contributed by atoms with Crippen molar-refractivity contribution in [2.24, 2.45) is 0 Å². The van der Waals surface area contributed by atoms with Gasteiger partial charge in [0.2, 0.25) is 0 Å². The molecule has 0 aliphatic carbocycles. The summed E-state index contributed by atoms with van der Waals surface area (Å²) in [5, 5.41) is 2.64. The molecule has 0 aliphatic heterocycles. The highest BCUT2D eigenvalue weighted by Gasteiger charge is 1.89. The van der Waals surface area contributed by atoms with Gasteiger partial charge in [-0.1, -0.05) is 97.3 Å². The number of rotatable bonds is 0. The van der Waals surface area contributed by atoms with Crippen LogP contribution in [0, 0.1) is 20.8 Å². The first-order valence-electron chi connectivity index (χ1n) is 7.64. The third-order valence-corrected chi connectivity index (χ3v) is 3.08. The molecule has 0 unspecified atom stereocenters. The molecule has 0 heteroatoms. The summed E-state index contributed by atoms with van der Waals surface area (Å²) in [4.78, 5) is 0. The van der Waals surface area contributed by atoms with Crippen LogP contribution >= 0.6 is 0 Å². The van der Waals surface area contributed by atoms with Crippen LogP contribution in [0.15, 0.2) is 66.7 Å². The molecule has 3 rings (SSSR count). The maximum Gasteiger partial charge on any atom is -0.0181 e. The van der Waals surface area contributed by atoms with Gasteiger partial charge in [-0.05, 0) is 31.5 Å². The Morgan fingerprint density at radius 3 is 1.52 bits per heavy atom. The number of hydrogen-bond donors (Lipinski definition) is 0. The van der Waals surface area contributed by atoms with Crippen LogP contribution in [-0.4, -0.2) is 0 Å². The lowest BCUT2D eigenvalue weighted by molar-refractivity contribution is 1.39. The van der Waals surface area contributed by atoms with Gasteiger partial charge >= 0.3 is 0 Å². The lowest BCUT2D eigenvalue weighted by atomic mass is 10.1. The number of hydrogen-bond acceptors (Lipinski definition) is 0. The SMILES string of the molecule is CC.Cc1ccc2ccccc2c1.Cc1cccc(C)c1. The highest BCUT2D eigenvalue weighted by molar-refractivity contribution is 5.82. The normalized spacial score (nSPS) is 9.19. The molecule has 0 N–H and O–H groups in total. The molecule has 0 nitrogen and oxygen atoms in total. The van der Waals surface area contributed by atoms with Crippen LogP contribution in [0.2, 0.25) is 0 Å². The van der Waals surface area contributed by atoms with E-state index in [1.807, 2.05) is 13.8 Å². The second kappa shape index (κ2) is 8.97. The van der Waals surface area contributed by atoms with Crippen molar-refractivity contribution >= 4 is 10.8 Å². The van der Waals surface area contributed by atoms with Crippen molar-refractivity contribution in [3.05, 3.63) is 83.4 Å². The molecule has 21 heavy (non-hydrogen) atoms. The molecule has 0 amide bonds. The molecule has 0 aromatic heterocycles. The summed E-state index contributed by atoms with van der Waals surface area (Å²) < 4.78 is 0. The Hall–Kier alpha value is -2.08. The minimum atomic E-state index is 1.32. The Labute approximate surface area is 129 Å². The van der Waals surface area contributed by atoms with Crippen LogP contribution in [0.3, 0.4) is 0 Å². The Morgan fingerprint density at radius 2 is 1.00 bits per heavy atom. The maximum absolute atomic E-state index is 2.20. The molecule has 3 aromatic rings. The van der Waals surface area contributed by atoms with Gasteiger partial charge in [-0.2, -0.15) is 0 Å². The van der Waals surface area contributed by atoms with Gasteiger partial charge in [0.25, 0.3) is 0 Å². The molecule has 0 fully saturated rings. The van der Waals surface area contributed by atoms with Gasteiger partial charge in [0, 0.05) is 0 Å². The molecule has 3 aromatic carbocycles. The van der Waals surface area contributed by atoms with Crippen LogP contribution in [-0.2, 0) is 0 Å². The second-order valence-corrected chi connectivity index (χ2v) is 5.01. The first-order chi connectivity index (χ1) is 10.1. The zero-order valence-electron chi connectivity index (χ0n) is 13.9. The van der Waals surface area contributed by atoms with Gasteiger partial charge in [0.15, 0.2) is 0 Å². The van der Waals surface area contributed by atoms with Gasteiger partial charge < -0.3 is 0 Å². The lowest BCUT2D eigenvalue weighted by Crippen LogP contribution is -1.73. The number of benzene rings is 3. The lowest BCUT2D eigenvalue weighted by Gasteiger charge is -1.96. The average molecular weight is 278 g/mol. The molecule has 0 heterocycles. The van der Waals surface area contributed by atoms with E-state index >= 15 is 0 Å². The minimum absolute atomic E-state index is 1.32. The van der Waals surface area contributed by atoms with Crippen LogP contribution in [0.1, 0.15) is 30.5 Å². The summed E-state index contributed by atoms with van der Waals surface area (Å²) in [5.41, 5.74) is 4.00. The summed E-state index contributed by atoms with van der Waals surface area (Å²) in [6.07, 6.45) is 0. The molecule has 0 aliphatic rings. The van der Waals surface area contributed by atoms with E-state index in [1.54, 1.807) is 0 Å². The molecule has 110 valence electrons. The van der Waals surface area contributed by atoms with Gasteiger partial charge in [0.1, 0.15) is 0 Å². The fourth-order valence-electron chi connectivity index (χ4n) is 2.12. The Morgan fingerprint density at radius 1 is 0.476 bits per heavy atom. The van der Waals surface area contributed by atoms with Crippen molar-refractivity contribution in [2.45, 2.75) is 34.6 Å². The van der Waals surface area contributed by atoms with Crippen LogP contribution in [0.25, 0.3) is 10.8 Å².